The van der Waals surface area contributed by atoms with Gasteiger partial charge in [-0.25, -0.2) is 4.39 Å². The molecule has 3 nitrogen and oxygen atoms in total. The normalized spacial score (nSPS) is 19.3. The van der Waals surface area contributed by atoms with E-state index in [0.717, 1.165) is 25.2 Å². The van der Waals surface area contributed by atoms with Crippen molar-refractivity contribution in [2.45, 2.75) is 25.8 Å². The van der Waals surface area contributed by atoms with E-state index in [0.29, 0.717) is 12.8 Å². The van der Waals surface area contributed by atoms with E-state index < -0.39 is 0 Å². The summed E-state index contributed by atoms with van der Waals surface area (Å²) >= 11 is 0. The molecule has 1 aliphatic heterocycles. The third-order valence-electron chi connectivity index (χ3n) is 3.86. The van der Waals surface area contributed by atoms with E-state index in [1.807, 2.05) is 19.2 Å². The van der Waals surface area contributed by atoms with Crippen LogP contribution in [0.4, 0.5) is 4.39 Å². The lowest BCUT2D eigenvalue weighted by Crippen LogP contribution is -2.37. The van der Waals surface area contributed by atoms with Crippen LogP contribution in [0.2, 0.25) is 0 Å². The summed E-state index contributed by atoms with van der Waals surface area (Å²) in [4.78, 5) is 15.7. The molecule has 1 fully saturated rings. The van der Waals surface area contributed by atoms with E-state index in [2.05, 4.69) is 11.8 Å². The molecule has 0 radical (unpaired) electrons. The van der Waals surface area contributed by atoms with Crippen molar-refractivity contribution < 1.29 is 9.18 Å². The van der Waals surface area contributed by atoms with E-state index in [1.165, 1.54) is 6.07 Å². The van der Waals surface area contributed by atoms with Crippen molar-refractivity contribution in [3.63, 3.8) is 0 Å². The number of likely N-dealkylation sites (N-methyl/N-ethyl adjacent to an activating group) is 1. The van der Waals surface area contributed by atoms with Crippen LogP contribution in [0, 0.1) is 5.82 Å². The lowest BCUT2D eigenvalue weighted by molar-refractivity contribution is -0.129. The van der Waals surface area contributed by atoms with Gasteiger partial charge in [0.2, 0.25) is 5.91 Å². The topological polar surface area (TPSA) is 23.6 Å². The molecule has 1 heterocycles. The predicted octanol–water partition coefficient (Wildman–Crippen LogP) is 1.92. The molecule has 1 unspecified atom stereocenters. The summed E-state index contributed by atoms with van der Waals surface area (Å²) in [5.74, 6) is 0.0537. The molecule has 1 aromatic carbocycles. The highest BCUT2D eigenvalue weighted by atomic mass is 19.1. The van der Waals surface area contributed by atoms with Gasteiger partial charge in [0.1, 0.15) is 5.82 Å². The monoisotopic (exact) mass is 264 g/mol. The molecule has 0 aliphatic carbocycles. The van der Waals surface area contributed by atoms with Crippen LogP contribution >= 0.6 is 0 Å². The van der Waals surface area contributed by atoms with Gasteiger partial charge in [-0.05, 0) is 25.0 Å². The van der Waals surface area contributed by atoms with Crippen molar-refractivity contribution in [1.82, 2.24) is 9.80 Å². The van der Waals surface area contributed by atoms with Crippen LogP contribution in [0.1, 0.15) is 18.9 Å². The third-order valence-corrected chi connectivity index (χ3v) is 3.86. The second-order valence-electron chi connectivity index (χ2n) is 5.25. The number of nitrogens with zero attached hydrogens (tertiary/aromatic N) is 2. The van der Waals surface area contributed by atoms with Crippen LogP contribution in [-0.2, 0) is 11.2 Å². The predicted molar refractivity (Wildman–Crippen MR) is 73.4 cm³/mol. The zero-order valence-corrected chi connectivity index (χ0v) is 11.6. The van der Waals surface area contributed by atoms with Gasteiger partial charge in [-0.1, -0.05) is 18.2 Å². The summed E-state index contributed by atoms with van der Waals surface area (Å²) in [5.41, 5.74) is 0.749. The Labute approximate surface area is 114 Å². The maximum atomic E-state index is 13.6. The summed E-state index contributed by atoms with van der Waals surface area (Å²) in [6, 6.07) is 7.16. The average molecular weight is 264 g/mol. The Kier molecular flexibility index (Phi) is 4.53. The number of rotatable bonds is 3. The number of hydrogen-bond donors (Lipinski definition) is 0. The summed E-state index contributed by atoms with van der Waals surface area (Å²) in [5, 5.41) is 0. The molecule has 0 N–H and O–H groups in total. The number of hydrogen-bond acceptors (Lipinski definition) is 2. The molecule has 0 aromatic heterocycles. The lowest BCUT2D eigenvalue weighted by atomic mass is 10.1. The Morgan fingerprint density at radius 1 is 1.26 bits per heavy atom. The first-order valence-corrected chi connectivity index (χ1v) is 6.79. The van der Waals surface area contributed by atoms with Gasteiger partial charge < -0.3 is 4.90 Å². The Morgan fingerprint density at radius 2 is 2.00 bits per heavy atom. The van der Waals surface area contributed by atoms with Crippen LogP contribution in [0.5, 0.6) is 0 Å². The standard InChI is InChI=1S/C15H21FN2O/c1-12(11-13-5-3-4-6-14(13)16)18-8-7-15(19)17(2)9-10-18/h3-6,12H,7-11H2,1-2H3. The largest absolute Gasteiger partial charge is 0.344 e. The molecule has 19 heavy (non-hydrogen) atoms. The zero-order valence-electron chi connectivity index (χ0n) is 11.6. The number of carbonyl (C=O) groups excluding carboxylic acids is 1. The molecule has 2 rings (SSSR count). The molecule has 4 heteroatoms. The minimum Gasteiger partial charge on any atom is -0.344 e. The highest BCUT2D eigenvalue weighted by Gasteiger charge is 2.22. The smallest absolute Gasteiger partial charge is 0.223 e. The number of benzene rings is 1. The maximum Gasteiger partial charge on any atom is 0.223 e. The molecule has 1 aliphatic rings. The van der Waals surface area contributed by atoms with Gasteiger partial charge in [0.25, 0.3) is 0 Å². The molecular formula is C15H21FN2O. The molecule has 1 atom stereocenters. The Balaban J connectivity index is 1.98. The van der Waals surface area contributed by atoms with Crippen molar-refractivity contribution in [2.24, 2.45) is 0 Å². The fraction of sp³-hybridized carbons (Fsp3) is 0.533. The van der Waals surface area contributed by atoms with Crippen molar-refractivity contribution >= 4 is 5.91 Å². The van der Waals surface area contributed by atoms with Crippen LogP contribution in [0.3, 0.4) is 0 Å². The average Bonchev–Trinajstić information content (AvgIpc) is 2.56. The van der Waals surface area contributed by atoms with E-state index >= 15 is 0 Å². The Hall–Kier alpha value is -1.42. The summed E-state index contributed by atoms with van der Waals surface area (Å²) in [7, 11) is 1.84. The Morgan fingerprint density at radius 3 is 2.74 bits per heavy atom. The maximum absolute atomic E-state index is 13.6. The molecule has 0 spiro atoms. The van der Waals surface area contributed by atoms with Crippen LogP contribution < -0.4 is 0 Å². The molecule has 104 valence electrons. The van der Waals surface area contributed by atoms with Gasteiger partial charge in [0.05, 0.1) is 0 Å². The van der Waals surface area contributed by atoms with Gasteiger partial charge >= 0.3 is 0 Å². The van der Waals surface area contributed by atoms with E-state index in [9.17, 15) is 9.18 Å². The molecule has 1 amide bonds. The Bertz CT molecular complexity index is 450. The highest BCUT2D eigenvalue weighted by Crippen LogP contribution is 2.14. The fourth-order valence-corrected chi connectivity index (χ4v) is 2.50. The third kappa shape index (κ3) is 3.53. The van der Waals surface area contributed by atoms with Crippen LogP contribution in [0.15, 0.2) is 24.3 Å². The van der Waals surface area contributed by atoms with Gasteiger partial charge in [-0.2, -0.15) is 0 Å². The molecule has 0 saturated carbocycles. The summed E-state index contributed by atoms with van der Waals surface area (Å²) in [6.07, 6.45) is 1.24. The van der Waals surface area contributed by atoms with Crippen LogP contribution in [0.25, 0.3) is 0 Å². The second-order valence-corrected chi connectivity index (χ2v) is 5.25. The van der Waals surface area contributed by atoms with Crippen molar-refractivity contribution in [1.29, 1.82) is 0 Å². The van der Waals surface area contributed by atoms with Crippen molar-refractivity contribution in [2.75, 3.05) is 26.7 Å². The number of halogens is 1. The molecule has 1 aromatic rings. The minimum absolute atomic E-state index is 0.141. The summed E-state index contributed by atoms with van der Waals surface area (Å²) < 4.78 is 13.6. The van der Waals surface area contributed by atoms with Gasteiger partial charge in [0.15, 0.2) is 0 Å². The van der Waals surface area contributed by atoms with Gasteiger partial charge in [-0.3, -0.25) is 9.69 Å². The first-order chi connectivity index (χ1) is 9.08. The number of carbonyl (C=O) groups is 1. The first-order valence-electron chi connectivity index (χ1n) is 6.79. The van der Waals surface area contributed by atoms with E-state index in [-0.39, 0.29) is 17.8 Å². The highest BCUT2D eigenvalue weighted by molar-refractivity contribution is 5.76. The molecule has 0 bridgehead atoms. The second kappa shape index (κ2) is 6.15. The number of amides is 1. The van der Waals surface area contributed by atoms with Gasteiger partial charge in [-0.15, -0.1) is 0 Å². The van der Waals surface area contributed by atoms with Crippen LogP contribution in [-0.4, -0.2) is 48.4 Å². The molecule has 1 saturated heterocycles. The van der Waals surface area contributed by atoms with Gasteiger partial charge in [0, 0.05) is 39.1 Å². The van der Waals surface area contributed by atoms with Crippen molar-refractivity contribution in [3.05, 3.63) is 35.6 Å². The zero-order chi connectivity index (χ0) is 13.8. The first kappa shape index (κ1) is 14.0. The lowest BCUT2D eigenvalue weighted by Gasteiger charge is -2.27. The fourth-order valence-electron chi connectivity index (χ4n) is 2.50. The SMILES string of the molecule is CC(Cc1ccccc1F)N1CCC(=O)N(C)CC1. The quantitative estimate of drug-likeness (QED) is 0.832. The van der Waals surface area contributed by atoms with E-state index in [1.54, 1.807) is 11.0 Å². The van der Waals surface area contributed by atoms with Crippen molar-refractivity contribution in [3.8, 4) is 0 Å². The van der Waals surface area contributed by atoms with E-state index in [4.69, 9.17) is 0 Å². The molecular weight excluding hydrogens is 243 g/mol. The summed E-state index contributed by atoms with van der Waals surface area (Å²) in [6.45, 7) is 4.47. The minimum atomic E-state index is -0.141.